The van der Waals surface area contributed by atoms with E-state index in [9.17, 15) is 14.4 Å². The lowest BCUT2D eigenvalue weighted by molar-refractivity contribution is -0.128. The third kappa shape index (κ3) is 3.88. The summed E-state index contributed by atoms with van der Waals surface area (Å²) in [6, 6.07) is 6.35. The zero-order valence-corrected chi connectivity index (χ0v) is 15.7. The molecule has 150 valence electrons. The van der Waals surface area contributed by atoms with Gasteiger partial charge in [-0.1, -0.05) is 6.42 Å². The van der Waals surface area contributed by atoms with Crippen molar-refractivity contribution in [3.05, 3.63) is 29.8 Å². The molecule has 0 aromatic heterocycles. The molecule has 4 atom stereocenters. The molecule has 0 unspecified atom stereocenters. The Bertz CT molecular complexity index is 760. The third-order valence-corrected chi connectivity index (χ3v) is 5.61. The Hall–Kier alpha value is -2.45. The lowest BCUT2D eigenvalue weighted by Gasteiger charge is -2.27. The molecule has 2 heterocycles. The fourth-order valence-corrected chi connectivity index (χ4v) is 3.73. The van der Waals surface area contributed by atoms with Gasteiger partial charge >= 0.3 is 6.09 Å². The van der Waals surface area contributed by atoms with Crippen LogP contribution < -0.4 is 10.6 Å². The second-order valence-electron chi connectivity index (χ2n) is 7.54. The predicted molar refractivity (Wildman–Crippen MR) is 99.1 cm³/mol. The number of anilines is 1. The molecule has 1 saturated carbocycles. The molecule has 28 heavy (non-hydrogen) atoms. The highest BCUT2D eigenvalue weighted by Crippen LogP contribution is 2.31. The molecule has 1 aliphatic carbocycles. The SMILES string of the molecule is CC(=O)c1ccc(NC(=O)O[C@H]2CO[C@@H]3[C@@H]2OC[C@@H]3NC(=O)C2CCC2)cc1. The number of hydrogen-bond donors (Lipinski definition) is 2. The fraction of sp³-hybridized carbons (Fsp3) is 0.550. The van der Waals surface area contributed by atoms with Gasteiger partial charge in [0.05, 0.1) is 19.3 Å². The van der Waals surface area contributed by atoms with Gasteiger partial charge in [0.2, 0.25) is 5.91 Å². The number of fused-ring (bicyclic) bond motifs is 1. The van der Waals surface area contributed by atoms with E-state index in [-0.39, 0.29) is 36.4 Å². The molecule has 8 heteroatoms. The first-order valence-electron chi connectivity index (χ1n) is 9.63. The van der Waals surface area contributed by atoms with Gasteiger partial charge in [0.1, 0.15) is 12.2 Å². The lowest BCUT2D eigenvalue weighted by Crippen LogP contribution is -2.47. The topological polar surface area (TPSA) is 103 Å². The van der Waals surface area contributed by atoms with Gasteiger partial charge in [-0.05, 0) is 44.0 Å². The van der Waals surface area contributed by atoms with Gasteiger partial charge in [-0.25, -0.2) is 4.79 Å². The maximum atomic E-state index is 12.2. The van der Waals surface area contributed by atoms with Crippen molar-refractivity contribution in [1.82, 2.24) is 5.32 Å². The fourth-order valence-electron chi connectivity index (χ4n) is 3.73. The Morgan fingerprint density at radius 2 is 1.75 bits per heavy atom. The maximum absolute atomic E-state index is 12.2. The molecule has 3 aliphatic rings. The van der Waals surface area contributed by atoms with Crippen molar-refractivity contribution in [3.63, 3.8) is 0 Å². The summed E-state index contributed by atoms with van der Waals surface area (Å²) in [7, 11) is 0. The Morgan fingerprint density at radius 1 is 1.04 bits per heavy atom. The van der Waals surface area contributed by atoms with E-state index in [1.165, 1.54) is 6.92 Å². The molecular formula is C20H24N2O6. The minimum Gasteiger partial charge on any atom is -0.441 e. The monoisotopic (exact) mass is 388 g/mol. The van der Waals surface area contributed by atoms with Crippen molar-refractivity contribution in [2.75, 3.05) is 18.5 Å². The van der Waals surface area contributed by atoms with E-state index in [1.54, 1.807) is 24.3 Å². The number of ether oxygens (including phenoxy) is 3. The Kier molecular flexibility index (Phi) is 5.32. The summed E-state index contributed by atoms with van der Waals surface area (Å²) >= 11 is 0. The van der Waals surface area contributed by atoms with Crippen LogP contribution in [0.3, 0.4) is 0 Å². The number of rotatable bonds is 5. The molecule has 1 aromatic rings. The molecule has 2 amide bonds. The molecule has 4 rings (SSSR count). The van der Waals surface area contributed by atoms with Crippen molar-refractivity contribution >= 4 is 23.5 Å². The van der Waals surface area contributed by atoms with Gasteiger partial charge in [-0.2, -0.15) is 0 Å². The van der Waals surface area contributed by atoms with Crippen LogP contribution in [0.5, 0.6) is 0 Å². The van der Waals surface area contributed by atoms with Crippen LogP contribution in [0, 0.1) is 5.92 Å². The quantitative estimate of drug-likeness (QED) is 0.747. The number of carbonyl (C=O) groups excluding carboxylic acids is 3. The van der Waals surface area contributed by atoms with Crippen LogP contribution in [0.2, 0.25) is 0 Å². The Morgan fingerprint density at radius 3 is 2.39 bits per heavy atom. The number of hydrogen-bond acceptors (Lipinski definition) is 6. The molecule has 2 saturated heterocycles. The highest BCUT2D eigenvalue weighted by Gasteiger charge is 2.50. The van der Waals surface area contributed by atoms with Gasteiger partial charge in [-0.15, -0.1) is 0 Å². The van der Waals surface area contributed by atoms with Crippen LogP contribution in [-0.4, -0.2) is 55.4 Å². The molecule has 1 aromatic carbocycles. The zero-order chi connectivity index (χ0) is 19.7. The first-order chi connectivity index (χ1) is 13.5. The molecule has 0 spiro atoms. The van der Waals surface area contributed by atoms with E-state index in [2.05, 4.69) is 10.6 Å². The summed E-state index contributed by atoms with van der Waals surface area (Å²) in [5.74, 6) is 0.119. The van der Waals surface area contributed by atoms with Crippen LogP contribution in [0.1, 0.15) is 36.5 Å². The van der Waals surface area contributed by atoms with E-state index in [4.69, 9.17) is 14.2 Å². The van der Waals surface area contributed by atoms with Crippen molar-refractivity contribution in [2.45, 2.75) is 50.5 Å². The average Bonchev–Trinajstić information content (AvgIpc) is 3.17. The highest BCUT2D eigenvalue weighted by atomic mass is 16.6. The smallest absolute Gasteiger partial charge is 0.412 e. The highest BCUT2D eigenvalue weighted by molar-refractivity contribution is 5.95. The predicted octanol–water partition coefficient (Wildman–Crippen LogP) is 1.89. The van der Waals surface area contributed by atoms with E-state index in [0.717, 1.165) is 19.3 Å². The van der Waals surface area contributed by atoms with Crippen molar-refractivity contribution < 1.29 is 28.6 Å². The third-order valence-electron chi connectivity index (χ3n) is 5.61. The van der Waals surface area contributed by atoms with Crippen LogP contribution >= 0.6 is 0 Å². The first-order valence-corrected chi connectivity index (χ1v) is 9.63. The summed E-state index contributed by atoms with van der Waals surface area (Å²) in [5.41, 5.74) is 1.10. The number of benzene rings is 1. The van der Waals surface area contributed by atoms with Gasteiger partial charge in [0.15, 0.2) is 11.9 Å². The summed E-state index contributed by atoms with van der Waals surface area (Å²) in [6.45, 7) is 2.06. The van der Waals surface area contributed by atoms with E-state index in [0.29, 0.717) is 17.9 Å². The largest absolute Gasteiger partial charge is 0.441 e. The first kappa shape index (κ1) is 18.9. The summed E-state index contributed by atoms with van der Waals surface area (Å²) in [5, 5.41) is 5.64. The molecule has 3 fully saturated rings. The van der Waals surface area contributed by atoms with Crippen molar-refractivity contribution in [2.24, 2.45) is 5.92 Å². The summed E-state index contributed by atoms with van der Waals surface area (Å²) in [4.78, 5) is 35.6. The van der Waals surface area contributed by atoms with Gasteiger partial charge in [-0.3, -0.25) is 14.9 Å². The van der Waals surface area contributed by atoms with Crippen LogP contribution in [0.4, 0.5) is 10.5 Å². The number of Topliss-reactive ketones (excluding diaryl/α,β-unsaturated/α-hetero) is 1. The molecule has 0 bridgehead atoms. The number of amides is 2. The minimum absolute atomic E-state index is 0.0411. The molecular weight excluding hydrogens is 364 g/mol. The molecule has 2 N–H and O–H groups in total. The zero-order valence-electron chi connectivity index (χ0n) is 15.7. The minimum atomic E-state index is -0.615. The Labute approximate surface area is 162 Å². The average molecular weight is 388 g/mol. The second kappa shape index (κ2) is 7.89. The van der Waals surface area contributed by atoms with Crippen molar-refractivity contribution in [1.29, 1.82) is 0 Å². The van der Waals surface area contributed by atoms with Gasteiger partial charge in [0, 0.05) is 17.2 Å². The molecule has 2 aliphatic heterocycles. The number of carbonyl (C=O) groups is 3. The van der Waals surface area contributed by atoms with E-state index >= 15 is 0 Å². The van der Waals surface area contributed by atoms with Crippen molar-refractivity contribution in [3.8, 4) is 0 Å². The molecule has 0 radical (unpaired) electrons. The summed E-state index contributed by atoms with van der Waals surface area (Å²) in [6.07, 6.45) is 1.13. The Balaban J connectivity index is 1.28. The maximum Gasteiger partial charge on any atom is 0.412 e. The van der Waals surface area contributed by atoms with E-state index < -0.39 is 18.3 Å². The summed E-state index contributed by atoms with van der Waals surface area (Å²) < 4.78 is 17.0. The number of nitrogens with one attached hydrogen (secondary N) is 2. The lowest BCUT2D eigenvalue weighted by atomic mass is 9.84. The van der Waals surface area contributed by atoms with Gasteiger partial charge < -0.3 is 19.5 Å². The van der Waals surface area contributed by atoms with Crippen LogP contribution in [0.15, 0.2) is 24.3 Å². The number of ketones is 1. The van der Waals surface area contributed by atoms with Crippen LogP contribution in [0.25, 0.3) is 0 Å². The van der Waals surface area contributed by atoms with E-state index in [1.807, 2.05) is 0 Å². The standard InChI is InChI=1S/C20H24N2O6/c1-11(23)12-5-7-14(8-6-12)21-20(25)28-16-10-27-17-15(9-26-18(16)17)22-19(24)13-3-2-4-13/h5-8,13,15-18H,2-4,9-10H2,1H3,(H,21,25)(H,22,24)/t15-,16-,17-,18+/m0/s1. The second-order valence-corrected chi connectivity index (χ2v) is 7.54. The van der Waals surface area contributed by atoms with Crippen LogP contribution in [-0.2, 0) is 19.0 Å². The van der Waals surface area contributed by atoms with Gasteiger partial charge in [0.25, 0.3) is 0 Å². The molecule has 8 nitrogen and oxygen atoms in total. The normalized spacial score (nSPS) is 28.9.